The Morgan fingerprint density at radius 1 is 1.14 bits per heavy atom. The molecule has 0 bridgehead atoms. The Hall–Kier alpha value is -2.56. The van der Waals surface area contributed by atoms with E-state index in [9.17, 15) is 9.59 Å². The Kier molecular flexibility index (Phi) is 4.99. The molecule has 1 aromatic heterocycles. The molecule has 1 aromatic carbocycles. The molecule has 2 amide bonds. The van der Waals surface area contributed by atoms with Gasteiger partial charge < -0.3 is 4.42 Å². The highest BCUT2D eigenvalue weighted by Gasteiger charge is 2.15. The summed E-state index contributed by atoms with van der Waals surface area (Å²) in [5.41, 5.74) is 6.36. The maximum absolute atomic E-state index is 12.0. The van der Waals surface area contributed by atoms with Crippen LogP contribution in [0.5, 0.6) is 0 Å². The standard InChI is InChI=1S/C17H20N2O3/c1-11(14-7-5-4-6-8-14)9-16(20)18-19-17(21)15-10-12(2)22-13(15)3/h4-8,10-11H,9H2,1-3H3,(H,18,20)(H,19,21)/t11-/m0/s1. The van der Waals surface area contributed by atoms with Gasteiger partial charge in [-0.3, -0.25) is 20.4 Å². The monoisotopic (exact) mass is 300 g/mol. The van der Waals surface area contributed by atoms with E-state index in [-0.39, 0.29) is 17.7 Å². The molecule has 0 fully saturated rings. The molecular weight excluding hydrogens is 280 g/mol. The summed E-state index contributed by atoms with van der Waals surface area (Å²) in [5.74, 6) is 0.655. The lowest BCUT2D eigenvalue weighted by Crippen LogP contribution is -2.42. The molecule has 1 heterocycles. The summed E-state index contributed by atoms with van der Waals surface area (Å²) in [6.07, 6.45) is 0.299. The first-order chi connectivity index (χ1) is 10.5. The van der Waals surface area contributed by atoms with Gasteiger partial charge in [-0.2, -0.15) is 0 Å². The Bertz CT molecular complexity index is 662. The Morgan fingerprint density at radius 2 is 1.82 bits per heavy atom. The number of furan rings is 1. The van der Waals surface area contributed by atoms with Crippen molar-refractivity contribution in [3.63, 3.8) is 0 Å². The minimum absolute atomic E-state index is 0.0796. The van der Waals surface area contributed by atoms with Gasteiger partial charge in [-0.15, -0.1) is 0 Å². The molecule has 2 rings (SSSR count). The van der Waals surface area contributed by atoms with Crippen molar-refractivity contribution in [1.82, 2.24) is 10.9 Å². The molecule has 0 saturated heterocycles. The fourth-order valence-corrected chi connectivity index (χ4v) is 2.28. The number of carbonyl (C=O) groups excluding carboxylic acids is 2. The second-order valence-electron chi connectivity index (χ2n) is 5.35. The van der Waals surface area contributed by atoms with Crippen LogP contribution in [0.1, 0.15) is 46.7 Å². The number of carbonyl (C=O) groups is 2. The molecule has 0 spiro atoms. The molecule has 0 saturated carbocycles. The average molecular weight is 300 g/mol. The van der Waals surface area contributed by atoms with Crippen LogP contribution in [0.2, 0.25) is 0 Å². The lowest BCUT2D eigenvalue weighted by molar-refractivity contribution is -0.122. The topological polar surface area (TPSA) is 71.3 Å². The van der Waals surface area contributed by atoms with E-state index in [1.54, 1.807) is 19.9 Å². The third-order valence-corrected chi connectivity index (χ3v) is 3.46. The van der Waals surface area contributed by atoms with Crippen LogP contribution in [0.3, 0.4) is 0 Å². The first-order valence-corrected chi connectivity index (χ1v) is 7.18. The van der Waals surface area contributed by atoms with Crippen molar-refractivity contribution in [3.8, 4) is 0 Å². The summed E-state index contributed by atoms with van der Waals surface area (Å²) in [6, 6.07) is 11.4. The third kappa shape index (κ3) is 3.97. The van der Waals surface area contributed by atoms with Crippen LogP contribution in [-0.4, -0.2) is 11.8 Å². The van der Waals surface area contributed by atoms with E-state index in [0.717, 1.165) is 5.56 Å². The SMILES string of the molecule is Cc1cc(C(=O)NNC(=O)C[C@H](C)c2ccccc2)c(C)o1. The van der Waals surface area contributed by atoms with Crippen molar-refractivity contribution < 1.29 is 14.0 Å². The molecule has 0 aliphatic rings. The minimum Gasteiger partial charge on any atom is -0.466 e. The largest absolute Gasteiger partial charge is 0.466 e. The van der Waals surface area contributed by atoms with Crippen molar-refractivity contribution in [3.05, 3.63) is 59.0 Å². The third-order valence-electron chi connectivity index (χ3n) is 3.46. The van der Waals surface area contributed by atoms with Gasteiger partial charge in [0.2, 0.25) is 5.91 Å². The number of aryl methyl sites for hydroxylation is 2. The van der Waals surface area contributed by atoms with Crippen LogP contribution >= 0.6 is 0 Å². The van der Waals surface area contributed by atoms with Gasteiger partial charge in [0.25, 0.3) is 5.91 Å². The van der Waals surface area contributed by atoms with Crippen LogP contribution in [0.25, 0.3) is 0 Å². The van der Waals surface area contributed by atoms with E-state index in [1.807, 2.05) is 37.3 Å². The molecule has 0 aliphatic carbocycles. The number of nitrogens with one attached hydrogen (secondary N) is 2. The van der Waals surface area contributed by atoms with E-state index >= 15 is 0 Å². The minimum atomic E-state index is -0.380. The van der Waals surface area contributed by atoms with Gasteiger partial charge in [-0.1, -0.05) is 37.3 Å². The summed E-state index contributed by atoms with van der Waals surface area (Å²) >= 11 is 0. The fourth-order valence-electron chi connectivity index (χ4n) is 2.28. The van der Waals surface area contributed by atoms with Crippen molar-refractivity contribution in [1.29, 1.82) is 0 Å². The van der Waals surface area contributed by atoms with Crippen LogP contribution in [-0.2, 0) is 4.79 Å². The fraction of sp³-hybridized carbons (Fsp3) is 0.294. The van der Waals surface area contributed by atoms with Gasteiger partial charge >= 0.3 is 0 Å². The maximum Gasteiger partial charge on any atom is 0.273 e. The highest BCUT2D eigenvalue weighted by Crippen LogP contribution is 2.18. The Labute approximate surface area is 129 Å². The molecule has 22 heavy (non-hydrogen) atoms. The zero-order valence-corrected chi connectivity index (χ0v) is 13.0. The first kappa shape index (κ1) is 15.8. The van der Waals surface area contributed by atoms with Crippen LogP contribution < -0.4 is 10.9 Å². The molecular formula is C17H20N2O3. The lowest BCUT2D eigenvalue weighted by Gasteiger charge is -2.12. The molecule has 2 aromatic rings. The van der Waals surface area contributed by atoms with E-state index in [0.29, 0.717) is 23.5 Å². The summed E-state index contributed by atoms with van der Waals surface area (Å²) in [4.78, 5) is 23.9. The zero-order chi connectivity index (χ0) is 16.1. The molecule has 0 unspecified atom stereocenters. The van der Waals surface area contributed by atoms with Gasteiger partial charge in [0.05, 0.1) is 5.56 Å². The van der Waals surface area contributed by atoms with E-state index < -0.39 is 0 Å². The van der Waals surface area contributed by atoms with Crippen molar-refractivity contribution in [2.75, 3.05) is 0 Å². The number of hydrogen-bond acceptors (Lipinski definition) is 3. The second-order valence-corrected chi connectivity index (χ2v) is 5.35. The summed E-state index contributed by atoms with van der Waals surface area (Å²) in [5, 5.41) is 0. The van der Waals surface area contributed by atoms with Crippen LogP contribution in [0.4, 0.5) is 0 Å². The van der Waals surface area contributed by atoms with E-state index in [2.05, 4.69) is 10.9 Å². The predicted octanol–water partition coefficient (Wildman–Crippen LogP) is 2.85. The van der Waals surface area contributed by atoms with Gasteiger partial charge in [-0.05, 0) is 31.4 Å². The number of rotatable bonds is 4. The van der Waals surface area contributed by atoms with Crippen LogP contribution in [0, 0.1) is 13.8 Å². The second kappa shape index (κ2) is 6.93. The normalized spacial score (nSPS) is 11.8. The zero-order valence-electron chi connectivity index (χ0n) is 13.0. The highest BCUT2D eigenvalue weighted by atomic mass is 16.3. The highest BCUT2D eigenvalue weighted by molar-refractivity contribution is 5.96. The smallest absolute Gasteiger partial charge is 0.273 e. The molecule has 1 atom stereocenters. The number of hydrogen-bond donors (Lipinski definition) is 2. The first-order valence-electron chi connectivity index (χ1n) is 7.18. The molecule has 0 aliphatic heterocycles. The molecule has 5 heteroatoms. The Balaban J connectivity index is 1.85. The predicted molar refractivity (Wildman–Crippen MR) is 83.3 cm³/mol. The van der Waals surface area contributed by atoms with E-state index in [4.69, 9.17) is 4.42 Å². The van der Waals surface area contributed by atoms with Crippen molar-refractivity contribution in [2.24, 2.45) is 0 Å². The van der Waals surface area contributed by atoms with Gasteiger partial charge in [0.1, 0.15) is 11.5 Å². The van der Waals surface area contributed by atoms with Crippen molar-refractivity contribution >= 4 is 11.8 Å². The average Bonchev–Trinajstić information content (AvgIpc) is 2.84. The number of amides is 2. The molecule has 116 valence electrons. The maximum atomic E-state index is 12.0. The van der Waals surface area contributed by atoms with Gasteiger partial charge in [-0.25, -0.2) is 0 Å². The lowest BCUT2D eigenvalue weighted by atomic mass is 9.98. The summed E-state index contributed by atoms with van der Waals surface area (Å²) < 4.78 is 5.29. The molecule has 2 N–H and O–H groups in total. The van der Waals surface area contributed by atoms with Gasteiger partial charge in [0, 0.05) is 6.42 Å². The number of hydrazine groups is 1. The quantitative estimate of drug-likeness (QED) is 0.853. The molecule has 0 radical (unpaired) electrons. The van der Waals surface area contributed by atoms with Crippen LogP contribution in [0.15, 0.2) is 40.8 Å². The number of benzene rings is 1. The Morgan fingerprint density at radius 3 is 2.41 bits per heavy atom. The summed E-state index contributed by atoms with van der Waals surface area (Å²) in [6.45, 7) is 5.45. The molecule has 5 nitrogen and oxygen atoms in total. The van der Waals surface area contributed by atoms with Gasteiger partial charge in [0.15, 0.2) is 0 Å². The summed E-state index contributed by atoms with van der Waals surface area (Å²) in [7, 11) is 0. The van der Waals surface area contributed by atoms with Crippen molar-refractivity contribution in [2.45, 2.75) is 33.1 Å². The van der Waals surface area contributed by atoms with E-state index in [1.165, 1.54) is 0 Å².